The average molecular weight is 730 g/mol. The van der Waals surface area contributed by atoms with Gasteiger partial charge in [-0.15, -0.1) is 13.2 Å². The second kappa shape index (κ2) is 24.5. The van der Waals surface area contributed by atoms with E-state index in [4.69, 9.17) is 33.2 Å². The summed E-state index contributed by atoms with van der Waals surface area (Å²) in [7, 11) is 0. The van der Waals surface area contributed by atoms with E-state index in [1.807, 2.05) is 27.7 Å². The van der Waals surface area contributed by atoms with Crippen LogP contribution in [0.4, 0.5) is 5.69 Å². The van der Waals surface area contributed by atoms with Gasteiger partial charge < -0.3 is 11.1 Å². The number of aryl methyl sites for hydroxylation is 1. The van der Waals surface area contributed by atoms with E-state index in [2.05, 4.69) is 126 Å². The van der Waals surface area contributed by atoms with Gasteiger partial charge in [0.25, 0.3) is 0 Å². The minimum absolute atomic E-state index is 0.0851. The fourth-order valence-electron chi connectivity index (χ4n) is 5.89. The minimum Gasteiger partial charge on any atom is -0.360 e. The van der Waals surface area contributed by atoms with Crippen LogP contribution in [0, 0.1) is 32.2 Å². The summed E-state index contributed by atoms with van der Waals surface area (Å²) in [6.07, 6.45) is 11.9. The van der Waals surface area contributed by atoms with Gasteiger partial charge in [-0.1, -0.05) is 120 Å². The molecule has 3 aromatic rings. The Balaban J connectivity index is 0.00000133. The maximum Gasteiger partial charge on any atom is 0.0749 e. The Bertz CT molecular complexity index is 1630. The molecular weight excluding hydrogens is 667 g/mol. The van der Waals surface area contributed by atoms with E-state index in [0.717, 1.165) is 60.0 Å². The molecule has 2 aliphatic rings. The second-order valence-electron chi connectivity index (χ2n) is 12.2. The van der Waals surface area contributed by atoms with Gasteiger partial charge in [-0.25, -0.2) is 0 Å². The smallest absolute Gasteiger partial charge is 0.0749 e. The van der Waals surface area contributed by atoms with Crippen molar-refractivity contribution in [2.75, 3.05) is 6.54 Å². The number of halogens is 2. The van der Waals surface area contributed by atoms with E-state index in [-0.39, 0.29) is 5.92 Å². The number of nitrogens with one attached hydrogen (secondary N) is 1. The van der Waals surface area contributed by atoms with E-state index in [1.54, 1.807) is 6.04 Å². The molecule has 1 saturated carbocycles. The zero-order valence-corrected chi connectivity index (χ0v) is 34.2. The van der Waals surface area contributed by atoms with Crippen LogP contribution in [0.1, 0.15) is 132 Å². The van der Waals surface area contributed by atoms with Gasteiger partial charge in [0.15, 0.2) is 0 Å². The lowest BCUT2D eigenvalue weighted by atomic mass is 9.86. The van der Waals surface area contributed by atoms with Crippen LogP contribution in [-0.4, -0.2) is 17.2 Å². The van der Waals surface area contributed by atoms with Crippen molar-refractivity contribution in [3.63, 3.8) is 0 Å². The first-order valence-electron chi connectivity index (χ1n) is 18.5. The van der Waals surface area contributed by atoms with Crippen LogP contribution >= 0.6 is 23.2 Å². The van der Waals surface area contributed by atoms with E-state index >= 15 is 0 Å². The SMILES string of the molecule is C#CN.C=C.CC.CC.CCC(C)c1cc(C(CNCc2ccc(N=C(C)C3CC3)c(C)c2)c2ccccc2)nc(C2=CCCC(Cl)=C2Cl)c1C. The number of terminal acetylenes is 1. The third-order valence-corrected chi connectivity index (χ3v) is 9.79. The van der Waals surface area contributed by atoms with Crippen molar-refractivity contribution in [2.45, 2.75) is 113 Å². The highest BCUT2D eigenvalue weighted by Crippen LogP contribution is 2.40. The van der Waals surface area contributed by atoms with Crippen LogP contribution in [0.5, 0.6) is 0 Å². The molecule has 0 spiro atoms. The number of hydrogen-bond donors (Lipinski definition) is 2. The largest absolute Gasteiger partial charge is 0.360 e. The van der Waals surface area contributed by atoms with Gasteiger partial charge in [-0.2, -0.15) is 0 Å². The van der Waals surface area contributed by atoms with E-state index < -0.39 is 0 Å². The molecule has 1 heterocycles. The minimum atomic E-state index is 0.0851. The molecule has 2 aromatic carbocycles. The molecule has 0 aliphatic heterocycles. The van der Waals surface area contributed by atoms with Crippen LogP contribution in [0.3, 0.4) is 0 Å². The maximum absolute atomic E-state index is 6.79. The Morgan fingerprint density at radius 3 is 2.25 bits per heavy atom. The fraction of sp³-hybridized carbons (Fsp3) is 0.422. The lowest BCUT2D eigenvalue weighted by molar-refractivity contribution is 0.622. The molecular formula is C45H62Cl2N4. The molecule has 4 nitrogen and oxygen atoms in total. The molecule has 276 valence electrons. The van der Waals surface area contributed by atoms with Gasteiger partial charge in [0.05, 0.1) is 22.1 Å². The van der Waals surface area contributed by atoms with Gasteiger partial charge in [-0.05, 0) is 111 Å². The molecule has 0 radical (unpaired) electrons. The highest BCUT2D eigenvalue weighted by molar-refractivity contribution is 6.44. The molecule has 2 aliphatic carbocycles. The summed E-state index contributed by atoms with van der Waals surface area (Å²) in [6.45, 7) is 26.6. The highest BCUT2D eigenvalue weighted by Gasteiger charge is 2.26. The molecule has 0 amide bonds. The number of rotatable bonds is 11. The molecule has 51 heavy (non-hydrogen) atoms. The summed E-state index contributed by atoms with van der Waals surface area (Å²) in [4.78, 5) is 10.2. The number of pyridine rings is 1. The number of nitrogens with zero attached hydrogens (tertiary/aromatic N) is 2. The summed E-state index contributed by atoms with van der Waals surface area (Å²) in [5.74, 6) is 1.18. The maximum atomic E-state index is 6.79. The molecule has 2 atom stereocenters. The summed E-state index contributed by atoms with van der Waals surface area (Å²) < 4.78 is 0. The van der Waals surface area contributed by atoms with Crippen molar-refractivity contribution >= 4 is 40.2 Å². The third-order valence-electron chi connectivity index (χ3n) is 8.88. The third kappa shape index (κ3) is 13.5. The van der Waals surface area contributed by atoms with Gasteiger partial charge in [0.1, 0.15) is 0 Å². The van der Waals surface area contributed by atoms with E-state index in [0.29, 0.717) is 16.9 Å². The molecule has 0 saturated heterocycles. The van der Waals surface area contributed by atoms with Crippen molar-refractivity contribution in [3.8, 4) is 12.5 Å². The molecule has 1 fully saturated rings. The monoisotopic (exact) mass is 728 g/mol. The van der Waals surface area contributed by atoms with E-state index in [9.17, 15) is 0 Å². The Labute approximate surface area is 320 Å². The van der Waals surface area contributed by atoms with Crippen molar-refractivity contribution in [1.82, 2.24) is 10.3 Å². The first-order chi connectivity index (χ1) is 24.7. The Morgan fingerprint density at radius 2 is 1.69 bits per heavy atom. The standard InChI is InChI=1S/C37H43Cl2N3.C2H3N.2C2H6.C2H4/c1-6-23(2)31-20-35(42-37(25(31)4)30-13-10-14-33(38)36(30)39)32(29-11-8-7-9-12-29)22-40-21-27-15-18-34(24(3)19-27)41-26(5)28-16-17-28;1-2-3;3*1-2/h7-9,11-13,15,18-20,23,28,32,40H,6,10,14,16-17,21-22H2,1-5H3;1H,3H2;2*1-2H3;1-2H2. The van der Waals surface area contributed by atoms with Crippen LogP contribution in [-0.2, 0) is 6.54 Å². The first kappa shape index (κ1) is 45.4. The summed E-state index contributed by atoms with van der Waals surface area (Å²) in [5, 5.41) is 5.12. The lowest BCUT2D eigenvalue weighted by Crippen LogP contribution is -2.23. The quantitative estimate of drug-likeness (QED) is 0.0894. The molecule has 1 aromatic heterocycles. The number of hydrogen-bond acceptors (Lipinski definition) is 4. The first-order valence-corrected chi connectivity index (χ1v) is 19.3. The summed E-state index contributed by atoms with van der Waals surface area (Å²) in [6, 6.07) is 21.4. The normalized spacial score (nSPS) is 14.7. The Kier molecular flexibility index (Phi) is 21.9. The second-order valence-corrected chi connectivity index (χ2v) is 13.0. The van der Waals surface area contributed by atoms with Crippen LogP contribution in [0.25, 0.3) is 5.57 Å². The number of benzene rings is 2. The molecule has 2 unspecified atom stereocenters. The topological polar surface area (TPSA) is 63.3 Å². The Morgan fingerprint density at radius 1 is 1.06 bits per heavy atom. The number of nitrogens with two attached hydrogens (primary N) is 1. The van der Waals surface area contributed by atoms with Crippen LogP contribution < -0.4 is 11.1 Å². The summed E-state index contributed by atoms with van der Waals surface area (Å²) >= 11 is 13.3. The van der Waals surface area contributed by atoms with Crippen molar-refractivity contribution in [3.05, 3.63) is 123 Å². The van der Waals surface area contributed by atoms with Gasteiger partial charge in [0.2, 0.25) is 0 Å². The number of aliphatic imine (C=N–C) groups is 1. The molecule has 6 heteroatoms. The van der Waals surface area contributed by atoms with Crippen LogP contribution in [0.15, 0.2) is 88.9 Å². The fourth-order valence-corrected chi connectivity index (χ4v) is 6.36. The zero-order valence-electron chi connectivity index (χ0n) is 32.7. The molecule has 3 N–H and O–H groups in total. The Hall–Kier alpha value is -3.62. The lowest BCUT2D eigenvalue weighted by Gasteiger charge is -2.25. The number of allylic oxidation sites excluding steroid dienone is 4. The van der Waals surface area contributed by atoms with Gasteiger partial charge in [0, 0.05) is 35.3 Å². The average Bonchev–Trinajstić information content (AvgIpc) is 4.02. The zero-order chi connectivity index (χ0) is 38.5. The summed E-state index contributed by atoms with van der Waals surface area (Å²) in [5.41, 5.74) is 16.0. The van der Waals surface area contributed by atoms with Crippen molar-refractivity contribution < 1.29 is 0 Å². The predicted octanol–water partition coefficient (Wildman–Crippen LogP) is 12.9. The van der Waals surface area contributed by atoms with E-state index in [1.165, 1.54) is 46.4 Å². The van der Waals surface area contributed by atoms with Crippen molar-refractivity contribution in [1.29, 1.82) is 0 Å². The number of aromatic nitrogens is 1. The van der Waals surface area contributed by atoms with Crippen LogP contribution in [0.2, 0.25) is 0 Å². The van der Waals surface area contributed by atoms with Crippen molar-refractivity contribution in [2.24, 2.45) is 16.6 Å². The molecule has 0 bridgehead atoms. The van der Waals surface area contributed by atoms with Gasteiger partial charge in [-0.3, -0.25) is 9.98 Å². The van der Waals surface area contributed by atoms with Gasteiger partial charge >= 0.3 is 0 Å². The molecule has 5 rings (SSSR count). The highest BCUT2D eigenvalue weighted by atomic mass is 35.5. The predicted molar refractivity (Wildman–Crippen MR) is 227 cm³/mol.